The molecule has 1 rings (SSSR count). The second kappa shape index (κ2) is 6.93. The maximum atomic E-state index is 12.4. The molecule has 1 unspecified atom stereocenters. The lowest BCUT2D eigenvalue weighted by Gasteiger charge is -2.12. The van der Waals surface area contributed by atoms with Gasteiger partial charge in [0.1, 0.15) is 6.61 Å². The van der Waals surface area contributed by atoms with E-state index in [4.69, 9.17) is 15.7 Å². The van der Waals surface area contributed by atoms with Crippen LogP contribution in [0.25, 0.3) is 0 Å². The molecule has 0 saturated carbocycles. The molecule has 1 aromatic carbocycles. The van der Waals surface area contributed by atoms with Gasteiger partial charge in [0.05, 0.1) is 5.56 Å². The molecule has 0 aliphatic heterocycles. The Morgan fingerprint density at radius 1 is 1.43 bits per heavy atom. The Morgan fingerprint density at radius 3 is 2.48 bits per heavy atom. The third-order valence-electron chi connectivity index (χ3n) is 2.34. The van der Waals surface area contributed by atoms with Crippen molar-refractivity contribution in [2.75, 3.05) is 11.9 Å². The molecule has 0 spiro atoms. The van der Waals surface area contributed by atoms with E-state index in [1.165, 1.54) is 6.92 Å². The van der Waals surface area contributed by atoms with Crippen LogP contribution in [0.3, 0.4) is 0 Å². The van der Waals surface area contributed by atoms with Gasteiger partial charge in [-0.3, -0.25) is 4.79 Å². The van der Waals surface area contributed by atoms with Crippen molar-refractivity contribution in [3.8, 4) is 0 Å². The molecule has 21 heavy (non-hydrogen) atoms. The molecule has 0 bridgehead atoms. The number of hydrogen-bond acceptors (Lipinski definition) is 4. The number of anilines is 1. The Labute approximate surface area is 118 Å². The van der Waals surface area contributed by atoms with Gasteiger partial charge in [0, 0.05) is 5.69 Å². The highest BCUT2D eigenvalue weighted by Gasteiger charge is 2.30. The molecule has 0 aromatic heterocycles. The number of carbonyl (C=O) groups excluding carboxylic acids is 1. The molecule has 1 amide bonds. The van der Waals surface area contributed by atoms with E-state index in [1.54, 1.807) is 0 Å². The summed E-state index contributed by atoms with van der Waals surface area (Å²) >= 11 is 0. The molecular formula is C12H14F3N3O3. The largest absolute Gasteiger partial charge is 0.416 e. The van der Waals surface area contributed by atoms with Crippen LogP contribution in [0.1, 0.15) is 12.5 Å². The number of nitrogens with two attached hydrogens (primary N) is 1. The molecule has 0 aliphatic carbocycles. The Kier molecular flexibility index (Phi) is 5.53. The van der Waals surface area contributed by atoms with Crippen molar-refractivity contribution < 1.29 is 27.9 Å². The number of halogens is 3. The third-order valence-corrected chi connectivity index (χ3v) is 2.34. The Morgan fingerprint density at radius 2 is 2.00 bits per heavy atom. The first-order valence-corrected chi connectivity index (χ1v) is 5.81. The lowest BCUT2D eigenvalue weighted by Crippen LogP contribution is -2.28. The first kappa shape index (κ1) is 16.8. The quantitative estimate of drug-likeness (QED) is 0.434. The van der Waals surface area contributed by atoms with Gasteiger partial charge in [-0.25, -0.2) is 0 Å². The number of aliphatic hydroxyl groups excluding tert-OH is 1. The molecule has 4 N–H and O–H groups in total. The summed E-state index contributed by atoms with van der Waals surface area (Å²) in [6.45, 7) is 0.848. The van der Waals surface area contributed by atoms with Gasteiger partial charge in [-0.2, -0.15) is 13.2 Å². The monoisotopic (exact) mass is 305 g/mol. The zero-order valence-corrected chi connectivity index (χ0v) is 11.0. The van der Waals surface area contributed by atoms with Crippen LogP contribution in [0.5, 0.6) is 0 Å². The fraction of sp³-hybridized carbons (Fsp3) is 0.333. The van der Waals surface area contributed by atoms with Crippen molar-refractivity contribution in [1.82, 2.24) is 0 Å². The minimum absolute atomic E-state index is 0.183. The van der Waals surface area contributed by atoms with Crippen molar-refractivity contribution in [2.24, 2.45) is 10.9 Å². The summed E-state index contributed by atoms with van der Waals surface area (Å²) in [6.07, 6.45) is -5.47. The molecule has 0 saturated heterocycles. The van der Waals surface area contributed by atoms with E-state index < -0.39 is 30.4 Å². The van der Waals surface area contributed by atoms with Crippen LogP contribution < -0.4 is 11.1 Å². The van der Waals surface area contributed by atoms with E-state index in [0.717, 1.165) is 24.3 Å². The van der Waals surface area contributed by atoms with Crippen LogP contribution >= 0.6 is 0 Å². The average Bonchev–Trinajstić information content (AvgIpc) is 2.43. The number of benzene rings is 1. The van der Waals surface area contributed by atoms with Crippen LogP contribution in [0.4, 0.5) is 18.9 Å². The number of amides is 1. The van der Waals surface area contributed by atoms with Gasteiger partial charge < -0.3 is 21.0 Å². The number of hydrogen-bond donors (Lipinski definition) is 3. The summed E-state index contributed by atoms with van der Waals surface area (Å²) in [5, 5.41) is 14.2. The van der Waals surface area contributed by atoms with Gasteiger partial charge in [-0.1, -0.05) is 5.16 Å². The van der Waals surface area contributed by atoms with Gasteiger partial charge >= 0.3 is 6.18 Å². The van der Waals surface area contributed by atoms with E-state index >= 15 is 0 Å². The predicted molar refractivity (Wildman–Crippen MR) is 69.3 cm³/mol. The highest BCUT2D eigenvalue weighted by Crippen LogP contribution is 2.29. The molecule has 116 valence electrons. The summed E-state index contributed by atoms with van der Waals surface area (Å²) in [7, 11) is 0. The van der Waals surface area contributed by atoms with Gasteiger partial charge in [-0.05, 0) is 31.2 Å². The maximum Gasteiger partial charge on any atom is 0.416 e. The highest BCUT2D eigenvalue weighted by molar-refractivity contribution is 5.94. The SMILES string of the molecule is CC(O/N=C(\N)CO)C(=O)Nc1ccc(C(F)(F)F)cc1. The minimum atomic E-state index is -4.44. The Hall–Kier alpha value is -2.29. The van der Waals surface area contributed by atoms with E-state index in [-0.39, 0.29) is 11.5 Å². The lowest BCUT2D eigenvalue weighted by molar-refractivity contribution is -0.137. The smallest absolute Gasteiger partial charge is 0.388 e. The van der Waals surface area contributed by atoms with Crippen molar-refractivity contribution in [3.05, 3.63) is 29.8 Å². The lowest BCUT2D eigenvalue weighted by atomic mass is 10.2. The first-order valence-electron chi connectivity index (χ1n) is 5.81. The van der Waals surface area contributed by atoms with Crippen molar-refractivity contribution in [2.45, 2.75) is 19.2 Å². The van der Waals surface area contributed by atoms with Crippen molar-refractivity contribution in [3.63, 3.8) is 0 Å². The molecule has 0 aliphatic rings. The van der Waals surface area contributed by atoms with Crippen LogP contribution in [0.15, 0.2) is 29.4 Å². The zero-order valence-electron chi connectivity index (χ0n) is 11.0. The van der Waals surface area contributed by atoms with Gasteiger partial charge in [0.15, 0.2) is 5.84 Å². The average molecular weight is 305 g/mol. The van der Waals surface area contributed by atoms with Crippen molar-refractivity contribution in [1.29, 1.82) is 0 Å². The number of alkyl halides is 3. The van der Waals surface area contributed by atoms with Crippen molar-refractivity contribution >= 4 is 17.4 Å². The van der Waals surface area contributed by atoms with E-state index in [0.29, 0.717) is 0 Å². The Balaban J connectivity index is 2.62. The summed E-state index contributed by atoms with van der Waals surface area (Å²) in [6, 6.07) is 3.95. The van der Waals surface area contributed by atoms with Gasteiger partial charge in [0.25, 0.3) is 5.91 Å². The minimum Gasteiger partial charge on any atom is -0.388 e. The normalized spacial score (nSPS) is 13.7. The summed E-state index contributed by atoms with van der Waals surface area (Å²) in [4.78, 5) is 16.4. The van der Waals surface area contributed by atoms with E-state index in [2.05, 4.69) is 10.5 Å². The molecule has 0 fully saturated rings. The Bertz CT molecular complexity index is 515. The number of carbonyl (C=O) groups is 1. The van der Waals surface area contributed by atoms with Crippen LogP contribution in [-0.4, -0.2) is 29.6 Å². The van der Waals surface area contributed by atoms with E-state index in [9.17, 15) is 18.0 Å². The highest BCUT2D eigenvalue weighted by atomic mass is 19.4. The van der Waals surface area contributed by atoms with Crippen LogP contribution in [-0.2, 0) is 15.8 Å². The molecular weight excluding hydrogens is 291 g/mol. The number of oxime groups is 1. The van der Waals surface area contributed by atoms with Crippen LogP contribution in [0, 0.1) is 0 Å². The molecule has 1 aromatic rings. The van der Waals surface area contributed by atoms with Gasteiger partial charge in [-0.15, -0.1) is 0 Å². The third kappa shape index (κ3) is 5.30. The molecule has 0 heterocycles. The standard InChI is InChI=1S/C12H14F3N3O3/c1-7(21-18-10(16)6-19)11(20)17-9-4-2-8(3-5-9)12(13,14)15/h2-5,7,19H,6H2,1H3,(H2,16,18)(H,17,20). The second-order valence-corrected chi connectivity index (χ2v) is 4.05. The topological polar surface area (TPSA) is 96.9 Å². The first-order chi connectivity index (χ1) is 9.74. The molecule has 6 nitrogen and oxygen atoms in total. The summed E-state index contributed by atoms with van der Waals surface area (Å²) in [5.41, 5.74) is 4.54. The number of aliphatic hydroxyl groups is 1. The fourth-order valence-electron chi connectivity index (χ4n) is 1.21. The summed E-state index contributed by atoms with van der Waals surface area (Å²) < 4.78 is 37.1. The zero-order chi connectivity index (χ0) is 16.0. The molecule has 9 heteroatoms. The number of rotatable bonds is 5. The van der Waals surface area contributed by atoms with Gasteiger partial charge in [0.2, 0.25) is 6.10 Å². The summed E-state index contributed by atoms with van der Waals surface area (Å²) in [5.74, 6) is -0.826. The number of nitrogens with zero attached hydrogens (tertiary/aromatic N) is 1. The van der Waals surface area contributed by atoms with Crippen LogP contribution in [0.2, 0.25) is 0 Å². The molecule has 0 radical (unpaired) electrons. The number of nitrogens with one attached hydrogen (secondary N) is 1. The maximum absolute atomic E-state index is 12.4. The fourth-order valence-corrected chi connectivity index (χ4v) is 1.21. The predicted octanol–water partition coefficient (Wildman–Crippen LogP) is 1.31. The second-order valence-electron chi connectivity index (χ2n) is 4.05. The molecule has 1 atom stereocenters. The van der Waals surface area contributed by atoms with E-state index in [1.807, 2.05) is 0 Å². The number of amidine groups is 1.